The maximum Gasteiger partial charge on any atom is 0.261 e. The van der Waals surface area contributed by atoms with Crippen LogP contribution in [0, 0.1) is 6.92 Å². The standard InChI is InChI=1S/C28H25N3O5S2/c1-18-6-12-21(13-7-18)38(34,35)31-19-8-10-20(11-9-19)36-16-2-4-23(32)22-14-15-24(33)27-26(22)29-28(30-27)25-5-3-17-37-25/h3,5-15,17,31,33H,2,4,16H2,1H3,(H,29,30). The molecule has 3 aromatic carbocycles. The molecule has 194 valence electrons. The van der Waals surface area contributed by atoms with Crippen molar-refractivity contribution in [1.82, 2.24) is 9.97 Å². The van der Waals surface area contributed by atoms with Gasteiger partial charge in [0.15, 0.2) is 5.78 Å². The Bertz CT molecular complexity index is 1680. The van der Waals surface area contributed by atoms with Gasteiger partial charge in [0.25, 0.3) is 10.0 Å². The molecule has 0 aliphatic heterocycles. The van der Waals surface area contributed by atoms with Crippen molar-refractivity contribution in [1.29, 1.82) is 0 Å². The van der Waals surface area contributed by atoms with E-state index in [9.17, 15) is 18.3 Å². The molecule has 0 unspecified atom stereocenters. The number of ether oxygens (including phenoxy) is 1. The molecule has 0 aliphatic carbocycles. The maximum atomic E-state index is 12.9. The van der Waals surface area contributed by atoms with Gasteiger partial charge in [-0.05, 0) is 73.3 Å². The first kappa shape index (κ1) is 25.5. The van der Waals surface area contributed by atoms with E-state index in [0.717, 1.165) is 10.4 Å². The topological polar surface area (TPSA) is 121 Å². The molecule has 38 heavy (non-hydrogen) atoms. The number of benzene rings is 3. The maximum absolute atomic E-state index is 12.9. The van der Waals surface area contributed by atoms with Gasteiger partial charge in [-0.25, -0.2) is 13.4 Å². The van der Waals surface area contributed by atoms with Gasteiger partial charge in [-0.15, -0.1) is 11.3 Å². The number of aromatic amines is 1. The molecule has 0 atom stereocenters. The number of ketones is 1. The highest BCUT2D eigenvalue weighted by atomic mass is 32.2. The second-order valence-electron chi connectivity index (χ2n) is 8.74. The Kier molecular flexibility index (Phi) is 7.17. The van der Waals surface area contributed by atoms with Crippen molar-refractivity contribution in [2.75, 3.05) is 11.3 Å². The fourth-order valence-electron chi connectivity index (χ4n) is 3.94. The van der Waals surface area contributed by atoms with Crippen LogP contribution in [0.15, 0.2) is 83.1 Å². The lowest BCUT2D eigenvalue weighted by Gasteiger charge is -2.10. The Balaban J connectivity index is 1.16. The predicted molar refractivity (Wildman–Crippen MR) is 149 cm³/mol. The van der Waals surface area contributed by atoms with Crippen LogP contribution in [0.1, 0.15) is 28.8 Å². The lowest BCUT2D eigenvalue weighted by Crippen LogP contribution is -2.12. The summed E-state index contributed by atoms with van der Waals surface area (Å²) < 4.78 is 33.4. The lowest BCUT2D eigenvalue weighted by molar-refractivity contribution is 0.0975. The third kappa shape index (κ3) is 5.56. The van der Waals surface area contributed by atoms with Gasteiger partial charge >= 0.3 is 0 Å². The highest BCUT2D eigenvalue weighted by Gasteiger charge is 2.18. The molecule has 0 aliphatic rings. The van der Waals surface area contributed by atoms with Crippen LogP contribution < -0.4 is 9.46 Å². The molecular weight excluding hydrogens is 522 g/mol. The van der Waals surface area contributed by atoms with Crippen LogP contribution in [0.5, 0.6) is 11.5 Å². The minimum Gasteiger partial charge on any atom is -0.506 e. The number of sulfonamides is 1. The first-order valence-corrected chi connectivity index (χ1v) is 14.3. The summed E-state index contributed by atoms with van der Waals surface area (Å²) in [5.74, 6) is 1.12. The SMILES string of the molecule is Cc1ccc(S(=O)(=O)Nc2ccc(OCCCC(=O)c3ccc(O)c4[nH]c(-c5cccs5)nc34)cc2)cc1. The van der Waals surface area contributed by atoms with E-state index in [0.29, 0.717) is 46.9 Å². The van der Waals surface area contributed by atoms with Crippen LogP contribution in [0.3, 0.4) is 0 Å². The van der Waals surface area contributed by atoms with E-state index in [-0.39, 0.29) is 22.8 Å². The Hall–Kier alpha value is -4.15. The number of fused-ring (bicyclic) bond motifs is 1. The third-order valence-electron chi connectivity index (χ3n) is 5.93. The number of carbonyl (C=O) groups is 1. The van der Waals surface area contributed by atoms with Gasteiger partial charge in [0.05, 0.1) is 16.4 Å². The summed E-state index contributed by atoms with van der Waals surface area (Å²) in [6.45, 7) is 2.20. The van der Waals surface area contributed by atoms with Crippen molar-refractivity contribution >= 4 is 43.9 Å². The molecule has 0 saturated carbocycles. The fraction of sp³-hybridized carbons (Fsp3) is 0.143. The summed E-state index contributed by atoms with van der Waals surface area (Å²) in [4.78, 5) is 21.7. The molecule has 8 nitrogen and oxygen atoms in total. The molecule has 0 spiro atoms. The van der Waals surface area contributed by atoms with Gasteiger partial charge in [-0.2, -0.15) is 0 Å². The number of thiophene rings is 1. The quantitative estimate of drug-likeness (QED) is 0.142. The van der Waals surface area contributed by atoms with Crippen molar-refractivity contribution in [2.24, 2.45) is 0 Å². The van der Waals surface area contributed by atoms with Gasteiger partial charge in [0.2, 0.25) is 0 Å². The van der Waals surface area contributed by atoms with Crippen molar-refractivity contribution in [3.05, 3.63) is 89.3 Å². The molecule has 2 aromatic heterocycles. The van der Waals surface area contributed by atoms with E-state index in [4.69, 9.17) is 4.74 Å². The molecule has 5 aromatic rings. The average Bonchev–Trinajstić information content (AvgIpc) is 3.59. The summed E-state index contributed by atoms with van der Waals surface area (Å²) in [6.07, 6.45) is 0.723. The van der Waals surface area contributed by atoms with E-state index in [1.165, 1.54) is 17.4 Å². The first-order valence-electron chi connectivity index (χ1n) is 11.9. The highest BCUT2D eigenvalue weighted by Crippen LogP contribution is 2.31. The second kappa shape index (κ2) is 10.7. The van der Waals surface area contributed by atoms with Crippen LogP contribution in [0.4, 0.5) is 5.69 Å². The third-order valence-corrected chi connectivity index (χ3v) is 8.21. The number of H-pyrrole nitrogens is 1. The molecule has 0 radical (unpaired) electrons. The van der Waals surface area contributed by atoms with E-state index in [1.807, 2.05) is 24.4 Å². The number of aryl methyl sites for hydroxylation is 1. The number of rotatable bonds is 10. The fourth-order valence-corrected chi connectivity index (χ4v) is 5.67. The zero-order valence-electron chi connectivity index (χ0n) is 20.5. The first-order chi connectivity index (χ1) is 18.3. The molecule has 0 fully saturated rings. The number of phenolic OH excluding ortho intramolecular Hbond substituents is 1. The Labute approximate surface area is 224 Å². The minimum absolute atomic E-state index is 0.0415. The highest BCUT2D eigenvalue weighted by molar-refractivity contribution is 7.92. The van der Waals surface area contributed by atoms with Crippen LogP contribution in [0.25, 0.3) is 21.7 Å². The van der Waals surface area contributed by atoms with E-state index in [2.05, 4.69) is 14.7 Å². The van der Waals surface area contributed by atoms with Gasteiger partial charge in [0, 0.05) is 17.7 Å². The summed E-state index contributed by atoms with van der Waals surface area (Å²) in [5.41, 5.74) is 2.73. The number of aromatic nitrogens is 2. The van der Waals surface area contributed by atoms with E-state index >= 15 is 0 Å². The Morgan fingerprint density at radius 2 is 1.82 bits per heavy atom. The van der Waals surface area contributed by atoms with Crippen LogP contribution in [0.2, 0.25) is 0 Å². The number of carbonyl (C=O) groups excluding carboxylic acids is 1. The molecule has 2 heterocycles. The Morgan fingerprint density at radius 3 is 2.53 bits per heavy atom. The van der Waals surface area contributed by atoms with Gasteiger partial charge < -0.3 is 14.8 Å². The summed E-state index contributed by atoms with van der Waals surface area (Å²) in [5, 5.41) is 12.2. The van der Waals surface area contributed by atoms with Gasteiger partial charge in [-0.3, -0.25) is 9.52 Å². The zero-order chi connectivity index (χ0) is 26.7. The summed E-state index contributed by atoms with van der Waals surface area (Å²) in [7, 11) is -3.68. The number of Topliss-reactive ketones (excluding diaryl/α,β-unsaturated/α-hetero) is 1. The molecular formula is C28H25N3O5S2. The molecule has 5 rings (SSSR count). The van der Waals surface area contributed by atoms with Crippen molar-refractivity contribution < 1.29 is 23.1 Å². The zero-order valence-corrected chi connectivity index (χ0v) is 22.1. The molecule has 0 bridgehead atoms. The number of hydrogen-bond donors (Lipinski definition) is 3. The smallest absolute Gasteiger partial charge is 0.261 e. The van der Waals surface area contributed by atoms with Crippen LogP contribution in [-0.2, 0) is 10.0 Å². The van der Waals surface area contributed by atoms with E-state index in [1.54, 1.807) is 54.6 Å². The summed E-state index contributed by atoms with van der Waals surface area (Å²) >= 11 is 1.52. The monoisotopic (exact) mass is 547 g/mol. The van der Waals surface area contributed by atoms with Crippen molar-refractivity contribution in [2.45, 2.75) is 24.7 Å². The number of imidazole rings is 1. The molecule has 3 N–H and O–H groups in total. The molecule has 0 amide bonds. The number of phenols is 1. The molecule has 10 heteroatoms. The number of hydrogen-bond acceptors (Lipinski definition) is 7. The molecule has 0 saturated heterocycles. The second-order valence-corrected chi connectivity index (χ2v) is 11.4. The van der Waals surface area contributed by atoms with Crippen LogP contribution in [-0.4, -0.2) is 35.9 Å². The normalized spacial score (nSPS) is 11.5. The number of nitrogens with zero attached hydrogens (tertiary/aromatic N) is 1. The number of aromatic hydroxyl groups is 1. The van der Waals surface area contributed by atoms with Gasteiger partial charge in [0.1, 0.15) is 28.4 Å². The van der Waals surface area contributed by atoms with Crippen molar-refractivity contribution in [3.63, 3.8) is 0 Å². The largest absolute Gasteiger partial charge is 0.506 e. The van der Waals surface area contributed by atoms with Crippen LogP contribution >= 0.6 is 11.3 Å². The number of anilines is 1. The lowest BCUT2D eigenvalue weighted by atomic mass is 10.0. The predicted octanol–water partition coefficient (Wildman–Crippen LogP) is 6.15. The van der Waals surface area contributed by atoms with Gasteiger partial charge in [-0.1, -0.05) is 23.8 Å². The Morgan fingerprint density at radius 1 is 1.05 bits per heavy atom. The van der Waals surface area contributed by atoms with Crippen molar-refractivity contribution in [3.8, 4) is 22.2 Å². The minimum atomic E-state index is -3.68. The average molecular weight is 548 g/mol. The number of nitrogens with one attached hydrogen (secondary N) is 2. The summed E-state index contributed by atoms with van der Waals surface area (Å²) in [6, 6.07) is 20.2. The van der Waals surface area contributed by atoms with E-state index < -0.39 is 10.0 Å².